The molecule has 10 heteroatoms. The normalized spacial score (nSPS) is 11.4. The number of nitrogens with one attached hydrogen (secondary N) is 2. The van der Waals surface area contributed by atoms with E-state index in [1.165, 1.54) is 23.7 Å². The van der Waals surface area contributed by atoms with Gasteiger partial charge in [0.15, 0.2) is 6.10 Å². The predicted octanol–water partition coefficient (Wildman–Crippen LogP) is 3.24. The summed E-state index contributed by atoms with van der Waals surface area (Å²) in [4.78, 5) is 49.8. The zero-order valence-corrected chi connectivity index (χ0v) is 19.3. The molecule has 3 aromatic rings. The summed E-state index contributed by atoms with van der Waals surface area (Å²) in [5.74, 6) is -1.41. The Kier molecular flexibility index (Phi) is 7.52. The van der Waals surface area contributed by atoms with Crippen LogP contribution in [0, 0.1) is 6.92 Å². The Morgan fingerprint density at radius 2 is 1.74 bits per heavy atom. The molecule has 1 heterocycles. The molecule has 0 radical (unpaired) electrons. The van der Waals surface area contributed by atoms with Gasteiger partial charge in [0.2, 0.25) is 0 Å². The van der Waals surface area contributed by atoms with Crippen molar-refractivity contribution in [2.24, 2.45) is 7.05 Å². The maximum atomic E-state index is 13.0. The van der Waals surface area contributed by atoms with E-state index in [1.807, 2.05) is 6.07 Å². The first-order valence-electron chi connectivity index (χ1n) is 10.6. The third-order valence-corrected chi connectivity index (χ3v) is 5.08. The summed E-state index contributed by atoms with van der Waals surface area (Å²) in [6, 6.07) is 15.0. The van der Waals surface area contributed by atoms with Gasteiger partial charge in [0.25, 0.3) is 11.5 Å². The number of aromatic nitrogens is 2. The molecule has 0 aliphatic rings. The highest BCUT2D eigenvalue weighted by Gasteiger charge is 2.23. The van der Waals surface area contributed by atoms with Gasteiger partial charge >= 0.3 is 12.1 Å². The molecule has 0 fully saturated rings. The van der Waals surface area contributed by atoms with Crippen molar-refractivity contribution < 1.29 is 23.9 Å². The summed E-state index contributed by atoms with van der Waals surface area (Å²) >= 11 is 0. The quantitative estimate of drug-likeness (QED) is 0.516. The van der Waals surface area contributed by atoms with Crippen LogP contribution < -0.4 is 16.2 Å². The van der Waals surface area contributed by atoms with Gasteiger partial charge in [-0.2, -0.15) is 0 Å². The Labute approximate surface area is 196 Å². The Balaban J connectivity index is 1.71. The first-order valence-corrected chi connectivity index (χ1v) is 10.6. The molecule has 2 N–H and O–H groups in total. The second-order valence-corrected chi connectivity index (χ2v) is 7.40. The molecule has 1 unspecified atom stereocenters. The second-order valence-electron chi connectivity index (χ2n) is 7.40. The van der Waals surface area contributed by atoms with Gasteiger partial charge in [-0.3, -0.25) is 19.6 Å². The van der Waals surface area contributed by atoms with Crippen molar-refractivity contribution in [2.45, 2.75) is 26.9 Å². The summed E-state index contributed by atoms with van der Waals surface area (Å²) in [6.07, 6.45) is -1.83. The number of anilines is 2. The van der Waals surface area contributed by atoms with Crippen molar-refractivity contribution in [1.82, 2.24) is 9.36 Å². The maximum absolute atomic E-state index is 13.0. The van der Waals surface area contributed by atoms with Crippen molar-refractivity contribution in [3.8, 4) is 5.69 Å². The lowest BCUT2D eigenvalue weighted by atomic mass is 10.2. The minimum Gasteiger partial charge on any atom is -0.450 e. The average molecular weight is 466 g/mol. The Bertz CT molecular complexity index is 1260. The molecule has 0 bridgehead atoms. The van der Waals surface area contributed by atoms with E-state index in [0.717, 1.165) is 0 Å². The number of carbonyl (C=O) groups excluding carboxylic acids is 3. The first kappa shape index (κ1) is 24.3. The van der Waals surface area contributed by atoms with Crippen LogP contribution in [0.1, 0.15) is 29.9 Å². The van der Waals surface area contributed by atoms with Gasteiger partial charge in [0, 0.05) is 12.7 Å². The Morgan fingerprint density at radius 3 is 2.41 bits per heavy atom. The fourth-order valence-electron chi connectivity index (χ4n) is 3.23. The fourth-order valence-corrected chi connectivity index (χ4v) is 3.23. The van der Waals surface area contributed by atoms with E-state index in [-0.39, 0.29) is 17.9 Å². The minimum absolute atomic E-state index is 0.0971. The van der Waals surface area contributed by atoms with Crippen LogP contribution >= 0.6 is 0 Å². The van der Waals surface area contributed by atoms with Gasteiger partial charge < -0.3 is 14.8 Å². The second kappa shape index (κ2) is 10.5. The van der Waals surface area contributed by atoms with E-state index >= 15 is 0 Å². The largest absolute Gasteiger partial charge is 0.450 e. The van der Waals surface area contributed by atoms with Gasteiger partial charge in [0.1, 0.15) is 5.69 Å². The average Bonchev–Trinajstić information content (AvgIpc) is 3.02. The molecule has 1 atom stereocenters. The Hall–Kier alpha value is -4.34. The number of benzene rings is 2. The molecule has 0 spiro atoms. The summed E-state index contributed by atoms with van der Waals surface area (Å²) in [7, 11) is 1.71. The number of carbonyl (C=O) groups is 3. The number of hydrogen-bond acceptors (Lipinski definition) is 6. The number of ether oxygens (including phenoxy) is 2. The standard InChI is InChI=1S/C24H26N4O6/c1-5-33-24(32)25-18-11-9-10-17(14-18)23(31)34-16(3)21(29)26-20-15(2)27(4)28(22(20)30)19-12-7-6-8-13-19/h6-14,16H,5H2,1-4H3,(H,25,32)(H,26,29). The highest BCUT2D eigenvalue weighted by Crippen LogP contribution is 2.16. The molecule has 0 saturated heterocycles. The van der Waals surface area contributed by atoms with Crippen molar-refractivity contribution in [3.05, 3.63) is 76.2 Å². The highest BCUT2D eigenvalue weighted by atomic mass is 16.6. The molecule has 10 nitrogen and oxygen atoms in total. The zero-order chi connectivity index (χ0) is 24.8. The molecular weight excluding hydrogens is 440 g/mol. The maximum Gasteiger partial charge on any atom is 0.411 e. The number of nitrogens with zero attached hydrogens (tertiary/aromatic N) is 2. The zero-order valence-electron chi connectivity index (χ0n) is 19.3. The summed E-state index contributed by atoms with van der Waals surface area (Å²) in [5.41, 5.74) is 1.35. The fraction of sp³-hybridized carbons (Fsp3) is 0.250. The minimum atomic E-state index is -1.18. The molecule has 0 aliphatic carbocycles. The highest BCUT2D eigenvalue weighted by molar-refractivity contribution is 5.98. The van der Waals surface area contributed by atoms with Crippen LogP contribution in [0.2, 0.25) is 0 Å². The van der Waals surface area contributed by atoms with Gasteiger partial charge in [-0.15, -0.1) is 0 Å². The number of para-hydroxylation sites is 1. The van der Waals surface area contributed by atoms with Crippen LogP contribution in [0.15, 0.2) is 59.4 Å². The molecule has 34 heavy (non-hydrogen) atoms. The van der Waals surface area contributed by atoms with Crippen LogP contribution in [0.25, 0.3) is 5.69 Å². The summed E-state index contributed by atoms with van der Waals surface area (Å²) < 4.78 is 13.1. The molecular formula is C24H26N4O6. The summed E-state index contributed by atoms with van der Waals surface area (Å²) in [6.45, 7) is 4.99. The van der Waals surface area contributed by atoms with Gasteiger partial charge in [0.05, 0.1) is 23.6 Å². The molecule has 2 amide bonds. The van der Waals surface area contributed by atoms with E-state index in [4.69, 9.17) is 9.47 Å². The smallest absolute Gasteiger partial charge is 0.411 e. The lowest BCUT2D eigenvalue weighted by Crippen LogP contribution is -2.32. The number of esters is 1. The number of rotatable bonds is 7. The van der Waals surface area contributed by atoms with Crippen molar-refractivity contribution in [2.75, 3.05) is 17.2 Å². The van der Waals surface area contributed by atoms with Crippen molar-refractivity contribution in [1.29, 1.82) is 0 Å². The topological polar surface area (TPSA) is 121 Å². The van der Waals surface area contributed by atoms with Crippen LogP contribution in [0.5, 0.6) is 0 Å². The van der Waals surface area contributed by atoms with Gasteiger partial charge in [-0.25, -0.2) is 14.3 Å². The SMILES string of the molecule is CCOC(=O)Nc1cccc(C(=O)OC(C)C(=O)Nc2c(C)n(C)n(-c3ccccc3)c2=O)c1. The third kappa shape index (κ3) is 5.34. The van der Waals surface area contributed by atoms with Crippen molar-refractivity contribution >= 4 is 29.3 Å². The van der Waals surface area contributed by atoms with E-state index in [2.05, 4.69) is 10.6 Å². The van der Waals surface area contributed by atoms with E-state index < -0.39 is 29.6 Å². The van der Waals surface area contributed by atoms with Crippen LogP contribution in [-0.2, 0) is 21.3 Å². The summed E-state index contributed by atoms with van der Waals surface area (Å²) in [5, 5.41) is 5.07. The molecule has 0 aliphatic heterocycles. The van der Waals surface area contributed by atoms with Gasteiger partial charge in [-0.05, 0) is 51.1 Å². The molecule has 178 valence electrons. The molecule has 2 aromatic carbocycles. The lowest BCUT2D eigenvalue weighted by Gasteiger charge is -2.13. The van der Waals surface area contributed by atoms with Crippen molar-refractivity contribution in [3.63, 3.8) is 0 Å². The number of hydrogen-bond donors (Lipinski definition) is 2. The monoisotopic (exact) mass is 466 g/mol. The molecule has 1 aromatic heterocycles. The van der Waals surface area contributed by atoms with Crippen LogP contribution in [0.3, 0.4) is 0 Å². The number of amides is 2. The predicted molar refractivity (Wildman–Crippen MR) is 126 cm³/mol. The Morgan fingerprint density at radius 1 is 1.03 bits per heavy atom. The van der Waals surface area contributed by atoms with Gasteiger partial charge in [-0.1, -0.05) is 24.3 Å². The third-order valence-electron chi connectivity index (χ3n) is 5.08. The van der Waals surface area contributed by atoms with E-state index in [0.29, 0.717) is 17.1 Å². The molecule has 3 rings (SSSR count). The van der Waals surface area contributed by atoms with E-state index in [9.17, 15) is 19.2 Å². The van der Waals surface area contributed by atoms with Crippen LogP contribution in [0.4, 0.5) is 16.2 Å². The lowest BCUT2D eigenvalue weighted by molar-refractivity contribution is -0.123. The molecule has 0 saturated carbocycles. The van der Waals surface area contributed by atoms with E-state index in [1.54, 1.807) is 62.0 Å². The van der Waals surface area contributed by atoms with Crippen LogP contribution in [-0.4, -0.2) is 40.0 Å². The first-order chi connectivity index (χ1) is 16.2.